The maximum Gasteiger partial charge on any atom is 0.280 e. The van der Waals surface area contributed by atoms with Crippen molar-refractivity contribution in [3.05, 3.63) is 58.8 Å². The fourth-order valence-corrected chi connectivity index (χ4v) is 2.46. The topological polar surface area (TPSA) is 68.0 Å². The fourth-order valence-electron chi connectivity index (χ4n) is 2.46. The maximum absolute atomic E-state index is 12.5. The maximum atomic E-state index is 12.5. The predicted octanol–water partition coefficient (Wildman–Crippen LogP) is 1.67. The van der Waals surface area contributed by atoms with Crippen LogP contribution in [0.1, 0.15) is 5.56 Å². The van der Waals surface area contributed by atoms with E-state index in [9.17, 15) is 4.79 Å². The highest BCUT2D eigenvalue weighted by Crippen LogP contribution is 2.17. The number of benzene rings is 1. The Morgan fingerprint density at radius 1 is 1.20 bits per heavy atom. The van der Waals surface area contributed by atoms with Crippen LogP contribution in [0.3, 0.4) is 0 Å². The number of hydrogen-bond acceptors (Lipinski definition) is 3. The molecule has 0 saturated heterocycles. The van der Waals surface area contributed by atoms with Gasteiger partial charge in [0.25, 0.3) is 5.56 Å². The molecule has 3 heterocycles. The van der Waals surface area contributed by atoms with Crippen molar-refractivity contribution in [2.75, 3.05) is 0 Å². The SMILES string of the molecule is Cc1ccn2ncnc(-n3[nH]c4ccccc4c3=O)c12. The summed E-state index contributed by atoms with van der Waals surface area (Å²) in [5.41, 5.74) is 2.52. The van der Waals surface area contributed by atoms with Gasteiger partial charge in [-0.2, -0.15) is 9.78 Å². The minimum atomic E-state index is -0.109. The number of nitrogens with one attached hydrogen (secondary N) is 1. The lowest BCUT2D eigenvalue weighted by molar-refractivity contribution is 0.798. The molecule has 3 aromatic heterocycles. The summed E-state index contributed by atoms with van der Waals surface area (Å²) in [6.45, 7) is 1.97. The van der Waals surface area contributed by atoms with Crippen LogP contribution in [0.4, 0.5) is 0 Å². The van der Waals surface area contributed by atoms with Crippen LogP contribution in [0.25, 0.3) is 22.2 Å². The van der Waals surface area contributed by atoms with Gasteiger partial charge in [0.2, 0.25) is 0 Å². The average molecular weight is 265 g/mol. The summed E-state index contributed by atoms with van der Waals surface area (Å²) in [4.78, 5) is 16.7. The summed E-state index contributed by atoms with van der Waals surface area (Å²) in [6.07, 6.45) is 3.29. The van der Waals surface area contributed by atoms with Crippen LogP contribution in [0.15, 0.2) is 47.7 Å². The molecule has 0 aliphatic heterocycles. The van der Waals surface area contributed by atoms with Gasteiger partial charge in [-0.05, 0) is 30.7 Å². The summed E-state index contributed by atoms with van der Waals surface area (Å²) in [5, 5.41) is 7.88. The number of aryl methyl sites for hydroxylation is 1. The molecule has 6 heteroatoms. The first kappa shape index (κ1) is 11.0. The van der Waals surface area contributed by atoms with E-state index in [1.165, 1.54) is 11.0 Å². The molecule has 0 fully saturated rings. The smallest absolute Gasteiger partial charge is 0.280 e. The van der Waals surface area contributed by atoms with Crippen LogP contribution in [-0.2, 0) is 0 Å². The first-order valence-corrected chi connectivity index (χ1v) is 6.25. The Bertz CT molecular complexity index is 992. The lowest BCUT2D eigenvalue weighted by atomic mass is 10.2. The number of para-hydroxylation sites is 1. The van der Waals surface area contributed by atoms with Gasteiger partial charge in [-0.3, -0.25) is 9.89 Å². The summed E-state index contributed by atoms with van der Waals surface area (Å²) in [6, 6.07) is 9.35. The van der Waals surface area contributed by atoms with Crippen molar-refractivity contribution in [3.8, 4) is 5.82 Å². The van der Waals surface area contributed by atoms with Gasteiger partial charge in [-0.1, -0.05) is 12.1 Å². The van der Waals surface area contributed by atoms with Crippen molar-refractivity contribution < 1.29 is 0 Å². The molecule has 0 saturated carbocycles. The first-order chi connectivity index (χ1) is 9.75. The Balaban J connectivity index is 2.14. The Morgan fingerprint density at radius 2 is 2.05 bits per heavy atom. The molecule has 4 rings (SSSR count). The Hall–Kier alpha value is -2.89. The number of rotatable bonds is 1. The van der Waals surface area contributed by atoms with Gasteiger partial charge in [0.1, 0.15) is 11.8 Å². The fraction of sp³-hybridized carbons (Fsp3) is 0.0714. The molecule has 0 bridgehead atoms. The standard InChI is InChI=1S/C14H11N5O/c1-9-6-7-18-12(9)13(15-8-16-18)19-14(20)10-4-2-3-5-11(10)17-19/h2-8,17H,1H3. The van der Waals surface area contributed by atoms with Gasteiger partial charge < -0.3 is 0 Å². The monoisotopic (exact) mass is 265 g/mol. The van der Waals surface area contributed by atoms with Crippen molar-refractivity contribution in [2.24, 2.45) is 0 Å². The van der Waals surface area contributed by atoms with Gasteiger partial charge in [0.05, 0.1) is 10.9 Å². The molecule has 0 aliphatic rings. The highest BCUT2D eigenvalue weighted by molar-refractivity contribution is 5.79. The van der Waals surface area contributed by atoms with Crippen LogP contribution in [0, 0.1) is 6.92 Å². The Kier molecular flexibility index (Phi) is 2.09. The molecule has 6 nitrogen and oxygen atoms in total. The number of nitrogens with zero attached hydrogens (tertiary/aromatic N) is 4. The quantitative estimate of drug-likeness (QED) is 0.569. The minimum Gasteiger partial charge on any atom is -0.289 e. The zero-order valence-corrected chi connectivity index (χ0v) is 10.7. The zero-order valence-electron chi connectivity index (χ0n) is 10.7. The predicted molar refractivity (Wildman–Crippen MR) is 75.2 cm³/mol. The van der Waals surface area contributed by atoms with E-state index in [1.54, 1.807) is 10.6 Å². The van der Waals surface area contributed by atoms with Crippen molar-refractivity contribution in [1.29, 1.82) is 0 Å². The van der Waals surface area contributed by atoms with Crippen molar-refractivity contribution in [2.45, 2.75) is 6.92 Å². The highest BCUT2D eigenvalue weighted by Gasteiger charge is 2.13. The second-order valence-electron chi connectivity index (χ2n) is 4.67. The molecule has 1 aromatic carbocycles. The molecule has 20 heavy (non-hydrogen) atoms. The van der Waals surface area contributed by atoms with E-state index in [0.717, 1.165) is 16.6 Å². The van der Waals surface area contributed by atoms with E-state index in [4.69, 9.17) is 0 Å². The lowest BCUT2D eigenvalue weighted by Gasteiger charge is -2.03. The third-order valence-corrected chi connectivity index (χ3v) is 3.44. The Labute approximate surface area is 113 Å². The van der Waals surface area contributed by atoms with Gasteiger partial charge in [0, 0.05) is 6.20 Å². The zero-order chi connectivity index (χ0) is 13.7. The van der Waals surface area contributed by atoms with Gasteiger partial charge in [-0.25, -0.2) is 9.50 Å². The number of aromatic amines is 1. The van der Waals surface area contributed by atoms with E-state index in [-0.39, 0.29) is 5.56 Å². The first-order valence-electron chi connectivity index (χ1n) is 6.25. The lowest BCUT2D eigenvalue weighted by Crippen LogP contribution is -2.17. The molecule has 0 aliphatic carbocycles. The summed E-state index contributed by atoms with van der Waals surface area (Å²) in [5.74, 6) is 0.559. The molecular weight excluding hydrogens is 254 g/mol. The van der Waals surface area contributed by atoms with Crippen LogP contribution < -0.4 is 5.56 Å². The van der Waals surface area contributed by atoms with Crippen molar-refractivity contribution in [1.82, 2.24) is 24.4 Å². The van der Waals surface area contributed by atoms with Crippen LogP contribution >= 0.6 is 0 Å². The van der Waals surface area contributed by atoms with Crippen LogP contribution in [-0.4, -0.2) is 24.4 Å². The molecule has 0 spiro atoms. The molecule has 0 amide bonds. The second kappa shape index (κ2) is 3.80. The molecular formula is C14H11N5O. The van der Waals surface area contributed by atoms with Crippen LogP contribution in [0.2, 0.25) is 0 Å². The summed E-state index contributed by atoms with van der Waals surface area (Å²) in [7, 11) is 0. The van der Waals surface area contributed by atoms with Gasteiger partial charge >= 0.3 is 0 Å². The second-order valence-corrected chi connectivity index (χ2v) is 4.67. The number of fused-ring (bicyclic) bond motifs is 2. The third-order valence-electron chi connectivity index (χ3n) is 3.44. The number of hydrogen-bond donors (Lipinski definition) is 1. The van der Waals surface area contributed by atoms with E-state index < -0.39 is 0 Å². The molecule has 1 N–H and O–H groups in total. The van der Waals surface area contributed by atoms with Gasteiger partial charge in [-0.15, -0.1) is 0 Å². The van der Waals surface area contributed by atoms with E-state index in [1.807, 2.05) is 37.4 Å². The Morgan fingerprint density at radius 3 is 2.90 bits per heavy atom. The van der Waals surface area contributed by atoms with Crippen LogP contribution in [0.5, 0.6) is 0 Å². The minimum absolute atomic E-state index is 0.109. The van der Waals surface area contributed by atoms with Crippen molar-refractivity contribution >= 4 is 16.4 Å². The number of aromatic nitrogens is 5. The van der Waals surface area contributed by atoms with Gasteiger partial charge in [0.15, 0.2) is 5.82 Å². The molecule has 98 valence electrons. The molecule has 0 atom stereocenters. The van der Waals surface area contributed by atoms with E-state index in [2.05, 4.69) is 15.2 Å². The third kappa shape index (κ3) is 1.36. The van der Waals surface area contributed by atoms with E-state index in [0.29, 0.717) is 11.2 Å². The molecule has 0 unspecified atom stereocenters. The number of H-pyrrole nitrogens is 1. The van der Waals surface area contributed by atoms with Crippen molar-refractivity contribution in [3.63, 3.8) is 0 Å². The summed E-state index contributed by atoms with van der Waals surface area (Å²) >= 11 is 0. The highest BCUT2D eigenvalue weighted by atomic mass is 16.1. The largest absolute Gasteiger partial charge is 0.289 e. The van der Waals surface area contributed by atoms with E-state index >= 15 is 0 Å². The molecule has 0 radical (unpaired) electrons. The normalized spacial score (nSPS) is 11.4. The molecule has 4 aromatic rings. The average Bonchev–Trinajstić information content (AvgIpc) is 3.01. The summed E-state index contributed by atoms with van der Waals surface area (Å²) < 4.78 is 3.18.